The van der Waals surface area contributed by atoms with Gasteiger partial charge < -0.3 is 40.6 Å². The Balaban J connectivity index is 2.60. The third kappa shape index (κ3) is 8.39. The monoisotopic (exact) mass is 560 g/mol. The van der Waals surface area contributed by atoms with Gasteiger partial charge in [0.25, 0.3) is 5.91 Å². The van der Waals surface area contributed by atoms with Gasteiger partial charge in [-0.3, -0.25) is 4.79 Å². The molecule has 1 aliphatic rings. The number of amides is 2. The molecule has 2 bridgehead atoms. The van der Waals surface area contributed by atoms with Crippen LogP contribution in [0.1, 0.15) is 71.1 Å². The van der Waals surface area contributed by atoms with E-state index in [0.29, 0.717) is 47.1 Å². The molecule has 10 heteroatoms. The number of methoxy groups -OCH3 is 1. The molecule has 222 valence electrons. The summed E-state index contributed by atoms with van der Waals surface area (Å²) < 4.78 is 10.9. The number of hydrogen-bond donors (Lipinski definition) is 5. The molecule has 0 unspecified atom stereocenters. The van der Waals surface area contributed by atoms with E-state index in [1.54, 1.807) is 39.0 Å². The smallest absolute Gasteiger partial charge is 0.405 e. The lowest BCUT2D eigenvalue weighted by molar-refractivity contribution is -0.114. The number of benzene rings is 1. The number of allylic oxidation sites excluding steroid dienone is 1. The first-order chi connectivity index (χ1) is 18.8. The maximum atomic E-state index is 12.9. The van der Waals surface area contributed by atoms with E-state index in [1.165, 1.54) is 13.2 Å². The van der Waals surface area contributed by atoms with Crippen molar-refractivity contribution < 1.29 is 39.2 Å². The SMILES string of the molecule is CCc1c(O)cc2cc1[C@H](O)[C@@H](C)C[C@H](OC)[C@H](O)[C@@H](C)/C=C(\C)[C@H](OC(N)=O)[C@@H](C=O)CC/C=C(\C)C(=O)N2. The first-order valence-corrected chi connectivity index (χ1v) is 13.7. The van der Waals surface area contributed by atoms with Crippen LogP contribution >= 0.6 is 0 Å². The summed E-state index contributed by atoms with van der Waals surface area (Å²) in [5, 5.41) is 36.0. The van der Waals surface area contributed by atoms with Crippen LogP contribution in [0.15, 0.2) is 35.4 Å². The Hall–Kier alpha value is -3.21. The average molecular weight is 561 g/mol. The molecule has 0 aromatic heterocycles. The van der Waals surface area contributed by atoms with Crippen LogP contribution in [-0.2, 0) is 25.5 Å². The Labute approximate surface area is 236 Å². The zero-order valence-corrected chi connectivity index (χ0v) is 24.2. The molecule has 10 nitrogen and oxygen atoms in total. The minimum atomic E-state index is -1.03. The van der Waals surface area contributed by atoms with Gasteiger partial charge in [0.2, 0.25) is 0 Å². The van der Waals surface area contributed by atoms with E-state index in [2.05, 4.69) is 5.32 Å². The minimum absolute atomic E-state index is 0.0408. The van der Waals surface area contributed by atoms with Crippen LogP contribution in [0.25, 0.3) is 0 Å². The lowest BCUT2D eigenvalue weighted by atomic mass is 9.84. The van der Waals surface area contributed by atoms with Gasteiger partial charge in [-0.2, -0.15) is 0 Å². The van der Waals surface area contributed by atoms with Gasteiger partial charge in [-0.1, -0.05) is 32.9 Å². The molecule has 0 radical (unpaired) electrons. The molecular weight excluding hydrogens is 516 g/mol. The number of hydrogen-bond acceptors (Lipinski definition) is 8. The molecule has 2 amide bonds. The number of carbonyl (C=O) groups is 3. The van der Waals surface area contributed by atoms with Crippen molar-refractivity contribution in [1.29, 1.82) is 0 Å². The molecule has 0 aliphatic carbocycles. The number of aliphatic hydroxyl groups excluding tert-OH is 2. The van der Waals surface area contributed by atoms with Crippen LogP contribution in [0.4, 0.5) is 10.5 Å². The van der Waals surface area contributed by atoms with Crippen molar-refractivity contribution in [2.24, 2.45) is 23.5 Å². The number of phenolic OH excluding ortho intramolecular Hbond substituents is 1. The Morgan fingerprint density at radius 1 is 1.23 bits per heavy atom. The summed E-state index contributed by atoms with van der Waals surface area (Å²) in [6.45, 7) is 8.79. The number of phenols is 1. The Bertz CT molecular complexity index is 1120. The topological polar surface area (TPSA) is 168 Å². The number of nitrogens with one attached hydrogen (secondary N) is 1. The van der Waals surface area contributed by atoms with E-state index in [0.717, 1.165) is 0 Å². The molecule has 2 rings (SSSR count). The predicted octanol–water partition coefficient (Wildman–Crippen LogP) is 3.93. The molecule has 0 spiro atoms. The summed E-state index contributed by atoms with van der Waals surface area (Å²) in [5.41, 5.74) is 7.60. The molecule has 0 fully saturated rings. The zero-order chi connectivity index (χ0) is 30.1. The molecule has 0 saturated heterocycles. The van der Waals surface area contributed by atoms with Gasteiger partial charge in [-0.15, -0.1) is 0 Å². The second kappa shape index (κ2) is 15.0. The summed E-state index contributed by atoms with van der Waals surface area (Å²) in [4.78, 5) is 36.6. The number of nitrogens with two attached hydrogens (primary N) is 1. The van der Waals surface area contributed by atoms with Gasteiger partial charge in [-0.05, 0) is 68.2 Å². The standard InChI is InChI=1S/C30H44N2O8/c1-7-22-23-13-21(14-24(22)34)32-29(37)16(2)9-8-10-20(15-33)28(40-30(31)38)19(5)11-17(3)27(36)25(39-6)12-18(4)26(23)35/h9,11,13-15,17-18,20,25-28,34-36H,7-8,10,12H2,1-6H3,(H2,31,38)(H,32,37)/b16-9+,19-11+/t17-,18-,20+,25-,26+,27+,28-/m0/s1. The third-order valence-electron chi connectivity index (χ3n) is 7.65. The summed E-state index contributed by atoms with van der Waals surface area (Å²) in [6, 6.07) is 3.10. The highest BCUT2D eigenvalue weighted by Gasteiger charge is 2.32. The van der Waals surface area contributed by atoms with Gasteiger partial charge in [0.05, 0.1) is 24.2 Å². The molecule has 7 atom stereocenters. The normalized spacial score (nSPS) is 31.7. The number of carbonyl (C=O) groups excluding carboxylic acids is 3. The molecule has 1 aromatic carbocycles. The average Bonchev–Trinajstić information content (AvgIpc) is 2.90. The fourth-order valence-electron chi connectivity index (χ4n) is 5.27. The molecule has 6 N–H and O–H groups in total. The number of aldehydes is 1. The van der Waals surface area contributed by atoms with Crippen LogP contribution in [-0.4, -0.2) is 59.0 Å². The molecule has 0 saturated carbocycles. The van der Waals surface area contributed by atoms with Crippen molar-refractivity contribution in [2.75, 3.05) is 12.4 Å². The number of anilines is 1. The van der Waals surface area contributed by atoms with E-state index in [9.17, 15) is 29.7 Å². The van der Waals surface area contributed by atoms with E-state index in [4.69, 9.17) is 15.2 Å². The minimum Gasteiger partial charge on any atom is -0.508 e. The van der Waals surface area contributed by atoms with E-state index in [-0.39, 0.29) is 18.6 Å². The number of rotatable bonds is 4. The quantitative estimate of drug-likeness (QED) is 0.273. The van der Waals surface area contributed by atoms with Crippen LogP contribution in [0.5, 0.6) is 5.75 Å². The molecule has 40 heavy (non-hydrogen) atoms. The second-order valence-corrected chi connectivity index (χ2v) is 10.7. The highest BCUT2D eigenvalue weighted by molar-refractivity contribution is 6.03. The zero-order valence-electron chi connectivity index (χ0n) is 24.2. The van der Waals surface area contributed by atoms with E-state index in [1.807, 2.05) is 13.8 Å². The molecule has 1 aliphatic heterocycles. The maximum Gasteiger partial charge on any atom is 0.405 e. The Morgan fingerprint density at radius 3 is 2.48 bits per heavy atom. The lowest BCUT2D eigenvalue weighted by Crippen LogP contribution is -2.36. The summed E-state index contributed by atoms with van der Waals surface area (Å²) in [7, 11) is 1.47. The molecular formula is C30H44N2O8. The first kappa shape index (κ1) is 33.0. The van der Waals surface area contributed by atoms with Gasteiger partial charge in [0.15, 0.2) is 0 Å². The van der Waals surface area contributed by atoms with Gasteiger partial charge in [0, 0.05) is 30.4 Å². The number of ether oxygens (including phenoxy) is 2. The molecule has 1 aromatic rings. The van der Waals surface area contributed by atoms with E-state index < -0.39 is 54.2 Å². The number of aromatic hydroxyl groups is 1. The van der Waals surface area contributed by atoms with Gasteiger partial charge in [0.1, 0.15) is 18.1 Å². The van der Waals surface area contributed by atoms with Gasteiger partial charge in [-0.25, -0.2) is 4.79 Å². The lowest BCUT2D eigenvalue weighted by Gasteiger charge is -2.31. The van der Waals surface area contributed by atoms with Crippen molar-refractivity contribution in [3.05, 3.63) is 46.6 Å². The maximum absolute atomic E-state index is 12.9. The van der Waals surface area contributed by atoms with Crippen molar-refractivity contribution in [2.45, 2.75) is 84.7 Å². The summed E-state index contributed by atoms with van der Waals surface area (Å²) >= 11 is 0. The van der Waals surface area contributed by atoms with Crippen LogP contribution in [0.2, 0.25) is 0 Å². The first-order valence-electron chi connectivity index (χ1n) is 13.7. The fraction of sp³-hybridized carbons (Fsp3) is 0.567. The number of aliphatic hydroxyl groups is 2. The second-order valence-electron chi connectivity index (χ2n) is 10.7. The van der Waals surface area contributed by atoms with Crippen molar-refractivity contribution in [1.82, 2.24) is 0 Å². The molecule has 1 heterocycles. The highest BCUT2D eigenvalue weighted by Crippen LogP contribution is 2.36. The summed E-state index contributed by atoms with van der Waals surface area (Å²) in [6.07, 6.45) is 0.772. The van der Waals surface area contributed by atoms with Gasteiger partial charge >= 0.3 is 6.09 Å². The number of fused-ring (bicyclic) bond motifs is 2. The van der Waals surface area contributed by atoms with Crippen LogP contribution < -0.4 is 11.1 Å². The van der Waals surface area contributed by atoms with Crippen LogP contribution in [0.3, 0.4) is 0 Å². The third-order valence-corrected chi connectivity index (χ3v) is 7.65. The van der Waals surface area contributed by atoms with Crippen molar-refractivity contribution in [3.8, 4) is 5.75 Å². The summed E-state index contributed by atoms with van der Waals surface area (Å²) in [5.74, 6) is -2.06. The van der Waals surface area contributed by atoms with E-state index >= 15 is 0 Å². The highest BCUT2D eigenvalue weighted by atomic mass is 16.6. The predicted molar refractivity (Wildman–Crippen MR) is 152 cm³/mol. The van der Waals surface area contributed by atoms with Crippen LogP contribution in [0, 0.1) is 17.8 Å². The Morgan fingerprint density at radius 2 is 1.90 bits per heavy atom. The fourth-order valence-corrected chi connectivity index (χ4v) is 5.27. The largest absolute Gasteiger partial charge is 0.508 e. The van der Waals surface area contributed by atoms with Crippen molar-refractivity contribution in [3.63, 3.8) is 0 Å². The van der Waals surface area contributed by atoms with Crippen molar-refractivity contribution >= 4 is 24.0 Å². The number of primary amides is 1. The Kier molecular flexibility index (Phi) is 12.4.